The molecule has 0 bridgehead atoms. The molecule has 0 nitrogen and oxygen atoms in total. The fourth-order valence-corrected chi connectivity index (χ4v) is 2.27. The lowest BCUT2D eigenvalue weighted by Crippen LogP contribution is -1.82. The van der Waals surface area contributed by atoms with Crippen molar-refractivity contribution in [1.82, 2.24) is 0 Å². The first-order chi connectivity index (χ1) is 7.91. The minimum atomic E-state index is 0. The third-order valence-electron chi connectivity index (χ3n) is 3.46. The number of hydrogen-bond acceptors (Lipinski definition) is 0. The highest BCUT2D eigenvalue weighted by molar-refractivity contribution is 14.0. The van der Waals surface area contributed by atoms with E-state index in [-0.39, 0.29) is 24.0 Å². The number of rotatable bonds is 13. The Bertz CT molecular complexity index is 98.1. The van der Waals surface area contributed by atoms with E-state index >= 15 is 0 Å². The maximum Gasteiger partial charge on any atom is -0.0533 e. The van der Waals surface area contributed by atoms with E-state index in [1.165, 1.54) is 89.9 Å². The molecule has 0 aromatic heterocycles. The molecule has 1 heteroatoms. The minimum absolute atomic E-state index is 0. The highest BCUT2D eigenvalue weighted by atomic mass is 127. The van der Waals surface area contributed by atoms with Crippen LogP contribution in [0.4, 0.5) is 0 Å². The van der Waals surface area contributed by atoms with Crippen molar-refractivity contribution >= 4 is 24.0 Å². The van der Waals surface area contributed by atoms with E-state index < -0.39 is 0 Å². The quantitative estimate of drug-likeness (QED) is 0.244. The summed E-state index contributed by atoms with van der Waals surface area (Å²) >= 11 is 0. The van der Waals surface area contributed by atoms with Crippen molar-refractivity contribution in [3.05, 3.63) is 0 Å². The van der Waals surface area contributed by atoms with Crippen LogP contribution in [0.1, 0.15) is 104 Å². The smallest absolute Gasteiger partial charge is 0.0533 e. The zero-order chi connectivity index (χ0) is 11.9. The minimum Gasteiger partial charge on any atom is -0.107 e. The molecule has 0 saturated heterocycles. The molecule has 0 unspecified atom stereocenters. The Morgan fingerprint density at radius 3 is 0.706 bits per heavy atom. The van der Waals surface area contributed by atoms with Gasteiger partial charge in [0.05, 0.1) is 0 Å². The van der Waals surface area contributed by atoms with Crippen LogP contribution >= 0.6 is 24.0 Å². The highest BCUT2D eigenvalue weighted by Crippen LogP contribution is 2.12. The molecule has 0 aliphatic heterocycles. The third-order valence-corrected chi connectivity index (χ3v) is 3.46. The maximum atomic E-state index is 2.29. The Morgan fingerprint density at radius 1 is 0.353 bits per heavy atom. The fourth-order valence-electron chi connectivity index (χ4n) is 2.27. The molecular formula is C16H35I. The van der Waals surface area contributed by atoms with Crippen LogP contribution in [0.3, 0.4) is 0 Å². The molecule has 0 aliphatic rings. The molecule has 0 radical (unpaired) electrons. The third kappa shape index (κ3) is 19.3. The summed E-state index contributed by atoms with van der Waals surface area (Å²) in [5, 5.41) is 0. The molecule has 0 heterocycles. The molecule has 0 fully saturated rings. The Morgan fingerprint density at radius 2 is 0.529 bits per heavy atom. The molecule has 0 saturated carbocycles. The maximum absolute atomic E-state index is 2.29. The Hall–Kier alpha value is 0.730. The van der Waals surface area contributed by atoms with Gasteiger partial charge in [-0.05, 0) is 0 Å². The SMILES string of the molecule is CCCCCCCCCCCCCCCC.I. The summed E-state index contributed by atoms with van der Waals surface area (Å²) in [6.07, 6.45) is 20.4. The van der Waals surface area contributed by atoms with Gasteiger partial charge in [-0.2, -0.15) is 0 Å². The fraction of sp³-hybridized carbons (Fsp3) is 1.00. The first-order valence-electron chi connectivity index (χ1n) is 7.91. The average molecular weight is 354 g/mol. The molecule has 0 aliphatic carbocycles. The largest absolute Gasteiger partial charge is 0.107 e. The number of halogens is 1. The van der Waals surface area contributed by atoms with Crippen LogP contribution in [0.2, 0.25) is 0 Å². The molecule has 106 valence electrons. The molecule has 0 amide bonds. The van der Waals surface area contributed by atoms with Crippen molar-refractivity contribution < 1.29 is 0 Å². The second-order valence-electron chi connectivity index (χ2n) is 5.24. The van der Waals surface area contributed by atoms with Gasteiger partial charge in [-0.25, -0.2) is 0 Å². The normalized spacial score (nSPS) is 10.2. The summed E-state index contributed by atoms with van der Waals surface area (Å²) in [6, 6.07) is 0. The molecule has 0 aromatic carbocycles. The van der Waals surface area contributed by atoms with Gasteiger partial charge in [0.25, 0.3) is 0 Å². The van der Waals surface area contributed by atoms with Gasteiger partial charge in [0.2, 0.25) is 0 Å². The number of unbranched alkanes of at least 4 members (excludes halogenated alkanes) is 13. The lowest BCUT2D eigenvalue weighted by molar-refractivity contribution is 0.538. The lowest BCUT2D eigenvalue weighted by Gasteiger charge is -2.02. The Kier molecular flexibility index (Phi) is 22.5. The summed E-state index contributed by atoms with van der Waals surface area (Å²) in [5.74, 6) is 0. The summed E-state index contributed by atoms with van der Waals surface area (Å²) in [6.45, 7) is 4.58. The highest BCUT2D eigenvalue weighted by Gasteiger charge is 1.92. The van der Waals surface area contributed by atoms with Gasteiger partial charge in [-0.15, -0.1) is 24.0 Å². The predicted molar refractivity (Wildman–Crippen MR) is 91.4 cm³/mol. The van der Waals surface area contributed by atoms with Gasteiger partial charge in [0, 0.05) is 0 Å². The average Bonchev–Trinajstić information content (AvgIpc) is 2.31. The van der Waals surface area contributed by atoms with Crippen LogP contribution in [-0.4, -0.2) is 0 Å². The van der Waals surface area contributed by atoms with Gasteiger partial charge in [-0.3, -0.25) is 0 Å². The Balaban J connectivity index is 0. The van der Waals surface area contributed by atoms with Crippen LogP contribution in [0.25, 0.3) is 0 Å². The predicted octanol–water partition coefficient (Wildman–Crippen LogP) is 7.11. The van der Waals surface area contributed by atoms with Crippen molar-refractivity contribution in [3.63, 3.8) is 0 Å². The van der Waals surface area contributed by atoms with E-state index in [0.717, 1.165) is 0 Å². The summed E-state index contributed by atoms with van der Waals surface area (Å²) < 4.78 is 0. The number of hydrogen-bond donors (Lipinski definition) is 0. The van der Waals surface area contributed by atoms with Crippen molar-refractivity contribution in [1.29, 1.82) is 0 Å². The summed E-state index contributed by atoms with van der Waals surface area (Å²) in [7, 11) is 0. The molecule has 17 heavy (non-hydrogen) atoms. The second kappa shape index (κ2) is 19.1. The van der Waals surface area contributed by atoms with E-state index in [4.69, 9.17) is 0 Å². The summed E-state index contributed by atoms with van der Waals surface area (Å²) in [4.78, 5) is 0. The standard InChI is InChI=1S/C16H34.HI/c1-3-5-7-9-11-13-15-16-14-12-10-8-6-4-2;/h3-16H2,1-2H3;1H. The van der Waals surface area contributed by atoms with E-state index in [9.17, 15) is 0 Å². The van der Waals surface area contributed by atoms with Gasteiger partial charge in [0.15, 0.2) is 0 Å². The topological polar surface area (TPSA) is 0 Å². The van der Waals surface area contributed by atoms with E-state index in [1.54, 1.807) is 0 Å². The van der Waals surface area contributed by atoms with E-state index in [1.807, 2.05) is 0 Å². The second-order valence-corrected chi connectivity index (χ2v) is 5.24. The van der Waals surface area contributed by atoms with Gasteiger partial charge in [0.1, 0.15) is 0 Å². The van der Waals surface area contributed by atoms with Gasteiger partial charge < -0.3 is 0 Å². The van der Waals surface area contributed by atoms with Crippen LogP contribution in [-0.2, 0) is 0 Å². The van der Waals surface area contributed by atoms with Gasteiger partial charge in [-0.1, -0.05) is 104 Å². The van der Waals surface area contributed by atoms with Crippen LogP contribution in [0.5, 0.6) is 0 Å². The molecular weight excluding hydrogens is 319 g/mol. The van der Waals surface area contributed by atoms with E-state index in [2.05, 4.69) is 13.8 Å². The monoisotopic (exact) mass is 354 g/mol. The van der Waals surface area contributed by atoms with Crippen molar-refractivity contribution in [2.24, 2.45) is 0 Å². The zero-order valence-corrected chi connectivity index (χ0v) is 14.6. The van der Waals surface area contributed by atoms with Gasteiger partial charge >= 0.3 is 0 Å². The van der Waals surface area contributed by atoms with E-state index in [0.29, 0.717) is 0 Å². The molecule has 0 atom stereocenters. The lowest BCUT2D eigenvalue weighted by atomic mass is 10.0. The molecule has 0 spiro atoms. The van der Waals surface area contributed by atoms with Crippen molar-refractivity contribution in [2.75, 3.05) is 0 Å². The van der Waals surface area contributed by atoms with Crippen molar-refractivity contribution in [3.8, 4) is 0 Å². The van der Waals surface area contributed by atoms with Crippen LogP contribution < -0.4 is 0 Å². The van der Waals surface area contributed by atoms with Crippen LogP contribution in [0, 0.1) is 0 Å². The zero-order valence-electron chi connectivity index (χ0n) is 12.3. The summed E-state index contributed by atoms with van der Waals surface area (Å²) in [5.41, 5.74) is 0. The Labute approximate surface area is 127 Å². The molecule has 0 aromatic rings. The van der Waals surface area contributed by atoms with Crippen molar-refractivity contribution in [2.45, 2.75) is 104 Å². The molecule has 0 N–H and O–H groups in total. The van der Waals surface area contributed by atoms with Crippen LogP contribution in [0.15, 0.2) is 0 Å². The first-order valence-corrected chi connectivity index (χ1v) is 7.91. The first kappa shape index (κ1) is 20.1. The molecule has 0 rings (SSSR count).